The van der Waals surface area contributed by atoms with Gasteiger partial charge in [0.2, 0.25) is 0 Å². The molecule has 0 saturated heterocycles. The van der Waals surface area contributed by atoms with Gasteiger partial charge in [-0.25, -0.2) is 0 Å². The molecular formula is C31H60O11. The highest BCUT2D eigenvalue weighted by molar-refractivity contribution is 5.69. The molecule has 0 aromatic heterocycles. The van der Waals surface area contributed by atoms with Crippen LogP contribution in [0.15, 0.2) is 0 Å². The highest BCUT2D eigenvalue weighted by Crippen LogP contribution is 2.10. The first kappa shape index (κ1) is 40.7. The molecule has 0 aliphatic carbocycles. The van der Waals surface area contributed by atoms with Crippen molar-refractivity contribution in [1.82, 2.24) is 0 Å². The molecule has 0 N–H and O–H groups in total. The van der Waals surface area contributed by atoms with Crippen LogP contribution in [-0.2, 0) is 52.2 Å². The Balaban J connectivity index is 3.14. The van der Waals surface area contributed by atoms with Crippen LogP contribution in [0.1, 0.15) is 84.5 Å². The molecule has 42 heavy (non-hydrogen) atoms. The van der Waals surface area contributed by atoms with E-state index in [-0.39, 0.29) is 25.0 Å². The first-order valence-corrected chi connectivity index (χ1v) is 16.1. The van der Waals surface area contributed by atoms with Gasteiger partial charge in [-0.1, -0.05) is 58.3 Å². The minimum Gasteiger partial charge on any atom is -0.466 e. The van der Waals surface area contributed by atoms with Gasteiger partial charge in [-0.2, -0.15) is 0 Å². The zero-order valence-corrected chi connectivity index (χ0v) is 26.6. The molecule has 0 heterocycles. The van der Waals surface area contributed by atoms with Crippen LogP contribution in [0.3, 0.4) is 0 Å². The number of carbonyl (C=O) groups excluding carboxylic acids is 2. The lowest BCUT2D eigenvalue weighted by Gasteiger charge is -2.09. The Kier molecular flexibility index (Phi) is 34.7. The fraction of sp³-hybridized carbons (Fsp3) is 0.935. The van der Waals surface area contributed by atoms with Gasteiger partial charge in [0.15, 0.2) is 0 Å². The quantitative estimate of drug-likeness (QED) is 0.0747. The van der Waals surface area contributed by atoms with Gasteiger partial charge in [-0.15, -0.1) is 0 Å². The van der Waals surface area contributed by atoms with Crippen molar-refractivity contribution in [3.05, 3.63) is 0 Å². The zero-order chi connectivity index (χ0) is 30.6. The molecule has 11 nitrogen and oxygen atoms in total. The van der Waals surface area contributed by atoms with Gasteiger partial charge in [-0.3, -0.25) is 9.59 Å². The number of ether oxygens (including phenoxy) is 9. The maximum atomic E-state index is 11.7. The second kappa shape index (κ2) is 35.9. The summed E-state index contributed by atoms with van der Waals surface area (Å²) in [6.45, 7) is 11.1. The summed E-state index contributed by atoms with van der Waals surface area (Å²) in [5, 5.41) is 0. The second-order valence-corrected chi connectivity index (χ2v) is 9.64. The van der Waals surface area contributed by atoms with E-state index in [1.807, 2.05) is 0 Å². The fourth-order valence-electron chi connectivity index (χ4n) is 3.68. The molecule has 0 rings (SSSR count). The van der Waals surface area contributed by atoms with Crippen LogP contribution < -0.4 is 0 Å². The smallest absolute Gasteiger partial charge is 0.308 e. The van der Waals surface area contributed by atoms with Crippen molar-refractivity contribution >= 4 is 11.9 Å². The van der Waals surface area contributed by atoms with E-state index in [4.69, 9.17) is 42.6 Å². The third-order valence-corrected chi connectivity index (χ3v) is 5.96. The zero-order valence-electron chi connectivity index (χ0n) is 26.6. The van der Waals surface area contributed by atoms with E-state index in [1.54, 1.807) is 6.92 Å². The van der Waals surface area contributed by atoms with Gasteiger partial charge < -0.3 is 42.6 Å². The lowest BCUT2D eigenvalue weighted by Crippen LogP contribution is -2.15. The van der Waals surface area contributed by atoms with E-state index < -0.39 is 0 Å². The van der Waals surface area contributed by atoms with Crippen molar-refractivity contribution in [2.75, 3.05) is 106 Å². The molecule has 11 heteroatoms. The first-order valence-electron chi connectivity index (χ1n) is 16.1. The molecule has 0 aliphatic rings. The summed E-state index contributed by atoms with van der Waals surface area (Å²) in [7, 11) is 0. The van der Waals surface area contributed by atoms with E-state index in [0.717, 1.165) is 12.8 Å². The van der Waals surface area contributed by atoms with Crippen LogP contribution in [0.25, 0.3) is 0 Å². The number of hydrogen-bond donors (Lipinski definition) is 0. The van der Waals surface area contributed by atoms with Crippen molar-refractivity contribution in [3.8, 4) is 0 Å². The van der Waals surface area contributed by atoms with Gasteiger partial charge in [0, 0.05) is 6.42 Å². The molecule has 0 aliphatic heterocycles. The van der Waals surface area contributed by atoms with E-state index in [1.165, 1.54) is 44.9 Å². The summed E-state index contributed by atoms with van der Waals surface area (Å²) < 4.78 is 47.9. The Labute approximate surface area is 254 Å². The molecule has 0 radical (unpaired) electrons. The maximum absolute atomic E-state index is 11.7. The van der Waals surface area contributed by atoms with Crippen molar-refractivity contribution in [2.24, 2.45) is 0 Å². The Bertz CT molecular complexity index is 563. The molecule has 0 unspecified atom stereocenters. The van der Waals surface area contributed by atoms with Crippen LogP contribution in [0.5, 0.6) is 0 Å². The average Bonchev–Trinajstić information content (AvgIpc) is 2.98. The molecule has 0 spiro atoms. The summed E-state index contributed by atoms with van der Waals surface area (Å²) in [4.78, 5) is 22.9. The molecule has 0 saturated carbocycles. The molecule has 250 valence electrons. The molecule has 0 aromatic rings. The third-order valence-electron chi connectivity index (χ3n) is 5.96. The number of carbonyl (C=O) groups is 2. The predicted octanol–water partition coefficient (Wildman–Crippen LogP) is 4.52. The van der Waals surface area contributed by atoms with Crippen LogP contribution >= 0.6 is 0 Å². The van der Waals surface area contributed by atoms with Gasteiger partial charge in [0.05, 0.1) is 106 Å². The minimum atomic E-state index is -0.251. The highest BCUT2D eigenvalue weighted by atomic mass is 16.6. The van der Waals surface area contributed by atoms with Crippen LogP contribution in [0.2, 0.25) is 0 Å². The maximum Gasteiger partial charge on any atom is 0.308 e. The normalized spacial score (nSPS) is 11.2. The van der Waals surface area contributed by atoms with Gasteiger partial charge in [-0.05, 0) is 13.3 Å². The molecule has 0 amide bonds. The topological polar surface area (TPSA) is 117 Å². The second-order valence-electron chi connectivity index (χ2n) is 9.64. The fourth-order valence-corrected chi connectivity index (χ4v) is 3.68. The average molecular weight is 609 g/mol. The molecule has 0 atom stereocenters. The monoisotopic (exact) mass is 608 g/mol. The summed E-state index contributed by atoms with van der Waals surface area (Å²) in [5.74, 6) is -0.389. The van der Waals surface area contributed by atoms with Crippen molar-refractivity contribution in [3.63, 3.8) is 0 Å². The lowest BCUT2D eigenvalue weighted by molar-refractivity contribution is -0.146. The largest absolute Gasteiger partial charge is 0.466 e. The summed E-state index contributed by atoms with van der Waals surface area (Å²) in [6.07, 6.45) is 11.8. The number of hydrogen-bond acceptors (Lipinski definition) is 11. The minimum absolute atomic E-state index is 0.139. The van der Waals surface area contributed by atoms with Crippen molar-refractivity contribution < 1.29 is 52.2 Å². The van der Waals surface area contributed by atoms with Crippen molar-refractivity contribution in [2.45, 2.75) is 84.5 Å². The van der Waals surface area contributed by atoms with E-state index in [2.05, 4.69) is 6.92 Å². The van der Waals surface area contributed by atoms with Crippen LogP contribution in [-0.4, -0.2) is 118 Å². The Morgan fingerprint density at radius 1 is 0.357 bits per heavy atom. The molecule has 0 fully saturated rings. The first-order chi connectivity index (χ1) is 20.7. The van der Waals surface area contributed by atoms with E-state index >= 15 is 0 Å². The van der Waals surface area contributed by atoms with Crippen LogP contribution in [0.4, 0.5) is 0 Å². The van der Waals surface area contributed by atoms with Gasteiger partial charge >= 0.3 is 11.9 Å². The van der Waals surface area contributed by atoms with E-state index in [0.29, 0.717) is 106 Å². The van der Waals surface area contributed by atoms with Gasteiger partial charge in [0.25, 0.3) is 0 Å². The van der Waals surface area contributed by atoms with E-state index in [9.17, 15) is 9.59 Å². The Morgan fingerprint density at radius 2 is 0.690 bits per heavy atom. The summed E-state index contributed by atoms with van der Waals surface area (Å²) in [6, 6.07) is 0. The predicted molar refractivity (Wildman–Crippen MR) is 160 cm³/mol. The number of esters is 2. The lowest BCUT2D eigenvalue weighted by atomic mass is 10.1. The SMILES string of the molecule is CCCCCCCCCCCC(=O)OCCOCCOCCOCCOCCOCCOCCOCCC(=O)OCC. The molecule has 0 aromatic carbocycles. The van der Waals surface area contributed by atoms with Crippen molar-refractivity contribution in [1.29, 1.82) is 0 Å². The number of rotatable bonds is 35. The molecular weight excluding hydrogens is 548 g/mol. The Hall–Kier alpha value is -1.34. The van der Waals surface area contributed by atoms with Crippen LogP contribution in [0, 0.1) is 0 Å². The standard InChI is InChI=1S/C31H60O11/c1-3-5-6-7-8-9-10-11-12-13-30(32)42-29-28-40-27-26-39-25-24-38-23-22-37-21-20-36-19-18-35-17-16-34-15-14-31(33)41-4-2/h3-29H2,1-2H3. The summed E-state index contributed by atoms with van der Waals surface area (Å²) in [5.41, 5.74) is 0. The molecule has 0 bridgehead atoms. The number of unbranched alkanes of at least 4 members (excludes halogenated alkanes) is 8. The third kappa shape index (κ3) is 34.9. The Morgan fingerprint density at radius 3 is 1.10 bits per heavy atom. The summed E-state index contributed by atoms with van der Waals surface area (Å²) >= 11 is 0. The highest BCUT2D eigenvalue weighted by Gasteiger charge is 2.03. The van der Waals surface area contributed by atoms with Gasteiger partial charge in [0.1, 0.15) is 6.61 Å².